The summed E-state index contributed by atoms with van der Waals surface area (Å²) >= 11 is 1.24. The smallest absolute Gasteiger partial charge is 0.338 e. The SMILES string of the molecule is CCOc1ccc(/C=c2/sc3n(c2=O)[C@@H](c2ccc(OC(C)=O)c(OCC)c2)C(C(=O)OCC(C)C)=C(C)N=3)cc1. The minimum Gasteiger partial charge on any atom is -0.494 e. The summed E-state index contributed by atoms with van der Waals surface area (Å²) < 4.78 is 24.2. The van der Waals surface area contributed by atoms with E-state index in [4.69, 9.17) is 18.9 Å². The largest absolute Gasteiger partial charge is 0.494 e. The fraction of sp³-hybridized carbons (Fsp3) is 0.355. The van der Waals surface area contributed by atoms with Gasteiger partial charge in [-0.05, 0) is 68.2 Å². The summed E-state index contributed by atoms with van der Waals surface area (Å²) in [6.07, 6.45) is 1.79. The first-order chi connectivity index (χ1) is 19.6. The van der Waals surface area contributed by atoms with Gasteiger partial charge in [-0.15, -0.1) is 0 Å². The normalized spacial score (nSPS) is 14.9. The van der Waals surface area contributed by atoms with Gasteiger partial charge in [-0.25, -0.2) is 9.79 Å². The molecule has 0 fully saturated rings. The Morgan fingerprint density at radius 3 is 2.39 bits per heavy atom. The molecule has 216 valence electrons. The van der Waals surface area contributed by atoms with Gasteiger partial charge >= 0.3 is 11.9 Å². The standard InChI is InChI=1S/C31H34N2O7S/c1-7-37-23-12-9-21(10-13-23)15-26-29(35)33-28(22-11-14-24(40-20(6)34)25(16-22)38-8-2)27(19(5)32-31(33)41-26)30(36)39-17-18(3)4/h9-16,18,28H,7-8,17H2,1-6H3/b26-15+/t28-/m0/s1. The number of hydrogen-bond donors (Lipinski definition) is 0. The summed E-state index contributed by atoms with van der Waals surface area (Å²) in [7, 11) is 0. The minimum absolute atomic E-state index is 0.126. The number of allylic oxidation sites excluding steroid dienone is 1. The molecular formula is C31H34N2O7S. The molecule has 1 atom stereocenters. The maximum atomic E-state index is 13.9. The van der Waals surface area contributed by atoms with Crippen LogP contribution in [0.15, 0.2) is 63.5 Å². The minimum atomic E-state index is -0.834. The highest BCUT2D eigenvalue weighted by Crippen LogP contribution is 2.36. The number of nitrogens with zero attached hydrogens (tertiary/aromatic N) is 2. The molecule has 1 aliphatic rings. The molecule has 0 radical (unpaired) electrons. The first-order valence-corrected chi connectivity index (χ1v) is 14.3. The molecule has 0 unspecified atom stereocenters. The third-order valence-electron chi connectivity index (χ3n) is 6.12. The molecule has 9 nitrogen and oxygen atoms in total. The number of rotatable bonds is 10. The monoisotopic (exact) mass is 578 g/mol. The lowest BCUT2D eigenvalue weighted by Gasteiger charge is -2.25. The average Bonchev–Trinajstić information content (AvgIpc) is 3.22. The lowest BCUT2D eigenvalue weighted by atomic mass is 9.95. The summed E-state index contributed by atoms with van der Waals surface area (Å²) in [5.41, 5.74) is 1.83. The van der Waals surface area contributed by atoms with Crippen LogP contribution in [0.5, 0.6) is 17.2 Å². The molecule has 0 amide bonds. The first kappa shape index (κ1) is 29.8. The van der Waals surface area contributed by atoms with Crippen molar-refractivity contribution in [3.05, 3.63) is 84.5 Å². The van der Waals surface area contributed by atoms with Gasteiger partial charge in [0.1, 0.15) is 5.75 Å². The van der Waals surface area contributed by atoms with E-state index in [0.29, 0.717) is 39.6 Å². The van der Waals surface area contributed by atoms with Crippen molar-refractivity contribution in [2.75, 3.05) is 19.8 Å². The Kier molecular flexibility index (Phi) is 9.44. The van der Waals surface area contributed by atoms with Crippen LogP contribution in [0.4, 0.5) is 0 Å². The second-order valence-corrected chi connectivity index (χ2v) is 10.8. The summed E-state index contributed by atoms with van der Waals surface area (Å²) in [6, 6.07) is 11.6. The molecule has 2 heterocycles. The van der Waals surface area contributed by atoms with Crippen LogP contribution in [0.25, 0.3) is 6.08 Å². The second kappa shape index (κ2) is 13.0. The van der Waals surface area contributed by atoms with Gasteiger partial charge in [-0.1, -0.05) is 43.4 Å². The Balaban J connectivity index is 1.89. The number of benzene rings is 2. The predicted octanol–water partition coefficient (Wildman–Crippen LogP) is 4.16. The lowest BCUT2D eigenvalue weighted by Crippen LogP contribution is -2.40. The van der Waals surface area contributed by atoms with Crippen LogP contribution in [0.3, 0.4) is 0 Å². The zero-order chi connectivity index (χ0) is 29.7. The van der Waals surface area contributed by atoms with Gasteiger partial charge in [0.05, 0.1) is 41.7 Å². The topological polar surface area (TPSA) is 105 Å². The van der Waals surface area contributed by atoms with Crippen LogP contribution >= 0.6 is 11.3 Å². The van der Waals surface area contributed by atoms with Crippen molar-refractivity contribution in [2.24, 2.45) is 10.9 Å². The van der Waals surface area contributed by atoms with Crippen molar-refractivity contribution in [1.82, 2.24) is 4.57 Å². The summed E-state index contributed by atoms with van der Waals surface area (Å²) in [5.74, 6) is 0.397. The van der Waals surface area contributed by atoms with Crippen LogP contribution < -0.4 is 29.1 Å². The third-order valence-corrected chi connectivity index (χ3v) is 7.10. The molecule has 10 heteroatoms. The zero-order valence-corrected chi connectivity index (χ0v) is 24.9. The van der Waals surface area contributed by atoms with Gasteiger partial charge in [0, 0.05) is 6.92 Å². The Morgan fingerprint density at radius 2 is 1.76 bits per heavy atom. The van der Waals surface area contributed by atoms with E-state index in [1.54, 1.807) is 31.2 Å². The Bertz CT molecular complexity index is 1650. The number of fused-ring (bicyclic) bond motifs is 1. The average molecular weight is 579 g/mol. The molecule has 3 aromatic rings. The van der Waals surface area contributed by atoms with Crippen molar-refractivity contribution >= 4 is 29.4 Å². The number of carbonyl (C=O) groups is 2. The van der Waals surface area contributed by atoms with E-state index < -0.39 is 18.0 Å². The van der Waals surface area contributed by atoms with E-state index in [9.17, 15) is 14.4 Å². The molecule has 1 aromatic heterocycles. The molecule has 41 heavy (non-hydrogen) atoms. The number of ether oxygens (including phenoxy) is 4. The summed E-state index contributed by atoms with van der Waals surface area (Å²) in [5, 5.41) is 0. The molecule has 0 saturated carbocycles. The Morgan fingerprint density at radius 1 is 1.05 bits per heavy atom. The van der Waals surface area contributed by atoms with Crippen molar-refractivity contribution in [1.29, 1.82) is 0 Å². The van der Waals surface area contributed by atoms with Crippen molar-refractivity contribution in [3.8, 4) is 17.2 Å². The molecule has 0 aliphatic carbocycles. The number of hydrogen-bond acceptors (Lipinski definition) is 9. The van der Waals surface area contributed by atoms with Crippen molar-refractivity contribution in [2.45, 2.75) is 47.6 Å². The van der Waals surface area contributed by atoms with Crippen molar-refractivity contribution < 1.29 is 28.5 Å². The molecule has 1 aliphatic heterocycles. The van der Waals surface area contributed by atoms with E-state index in [-0.39, 0.29) is 29.4 Å². The molecule has 0 bridgehead atoms. The van der Waals surface area contributed by atoms with Gasteiger partial charge in [-0.2, -0.15) is 0 Å². The van der Waals surface area contributed by atoms with Crippen LogP contribution in [0.1, 0.15) is 58.7 Å². The fourth-order valence-electron chi connectivity index (χ4n) is 4.40. The van der Waals surface area contributed by atoms with Gasteiger partial charge in [0.2, 0.25) is 0 Å². The highest BCUT2D eigenvalue weighted by atomic mass is 32.1. The molecule has 2 aromatic carbocycles. The number of esters is 2. The van der Waals surface area contributed by atoms with E-state index in [1.165, 1.54) is 22.8 Å². The molecule has 4 rings (SSSR count). The van der Waals surface area contributed by atoms with Gasteiger partial charge in [0.15, 0.2) is 16.3 Å². The van der Waals surface area contributed by atoms with Gasteiger partial charge < -0.3 is 18.9 Å². The highest BCUT2D eigenvalue weighted by molar-refractivity contribution is 7.07. The molecule has 0 N–H and O–H groups in total. The number of thiazole rings is 1. The van der Waals surface area contributed by atoms with Crippen LogP contribution in [-0.4, -0.2) is 36.3 Å². The summed E-state index contributed by atoms with van der Waals surface area (Å²) in [6.45, 7) is 11.8. The zero-order valence-electron chi connectivity index (χ0n) is 24.1. The molecule has 0 spiro atoms. The predicted molar refractivity (Wildman–Crippen MR) is 156 cm³/mol. The fourth-order valence-corrected chi connectivity index (χ4v) is 5.45. The van der Waals surface area contributed by atoms with Crippen LogP contribution in [0.2, 0.25) is 0 Å². The van der Waals surface area contributed by atoms with Crippen LogP contribution in [0, 0.1) is 5.92 Å². The highest BCUT2D eigenvalue weighted by Gasteiger charge is 2.34. The maximum absolute atomic E-state index is 13.9. The Hall–Kier alpha value is -4.18. The van der Waals surface area contributed by atoms with Gasteiger partial charge in [-0.3, -0.25) is 14.2 Å². The van der Waals surface area contributed by atoms with Crippen molar-refractivity contribution in [3.63, 3.8) is 0 Å². The lowest BCUT2D eigenvalue weighted by molar-refractivity contribution is -0.140. The number of aromatic nitrogens is 1. The Labute approximate surface area is 242 Å². The van der Waals surface area contributed by atoms with Gasteiger partial charge in [0.25, 0.3) is 5.56 Å². The van der Waals surface area contributed by atoms with Crippen LogP contribution in [-0.2, 0) is 14.3 Å². The van der Waals surface area contributed by atoms with E-state index in [0.717, 1.165) is 11.3 Å². The van der Waals surface area contributed by atoms with E-state index in [1.807, 2.05) is 52.0 Å². The second-order valence-electron chi connectivity index (χ2n) is 9.81. The summed E-state index contributed by atoms with van der Waals surface area (Å²) in [4.78, 5) is 44.1. The quantitative estimate of drug-likeness (QED) is 0.263. The maximum Gasteiger partial charge on any atom is 0.338 e. The first-order valence-electron chi connectivity index (χ1n) is 13.5. The molecular weight excluding hydrogens is 544 g/mol. The molecule has 0 saturated heterocycles. The van der Waals surface area contributed by atoms with E-state index >= 15 is 0 Å². The van der Waals surface area contributed by atoms with E-state index in [2.05, 4.69) is 4.99 Å². The third kappa shape index (κ3) is 6.77. The number of carbonyl (C=O) groups excluding carboxylic acids is 2.